The van der Waals surface area contributed by atoms with Crippen LogP contribution in [0, 0.1) is 0 Å². The molecule has 0 spiro atoms. The van der Waals surface area contributed by atoms with Crippen molar-refractivity contribution < 1.29 is 0 Å². The van der Waals surface area contributed by atoms with Crippen molar-refractivity contribution in [2.45, 2.75) is 45.2 Å². The van der Waals surface area contributed by atoms with E-state index in [1.54, 1.807) is 9.25 Å². The minimum Gasteiger partial charge on any atom is -0.333 e. The van der Waals surface area contributed by atoms with Crippen LogP contribution in [0.15, 0.2) is 47.5 Å². The van der Waals surface area contributed by atoms with E-state index < -0.39 is 0 Å². The van der Waals surface area contributed by atoms with E-state index in [1.165, 1.54) is 0 Å². The second kappa shape index (κ2) is 7.92. The normalized spacial score (nSPS) is 17.3. The summed E-state index contributed by atoms with van der Waals surface area (Å²) in [5.74, 6) is 2.15. The zero-order valence-corrected chi connectivity index (χ0v) is 15.7. The van der Waals surface area contributed by atoms with Crippen LogP contribution in [0.25, 0.3) is 5.69 Å². The number of hydrogen-bond acceptors (Lipinski definition) is 4. The van der Waals surface area contributed by atoms with Gasteiger partial charge in [-0.25, -0.2) is 19.0 Å². The van der Waals surface area contributed by atoms with E-state index in [0.717, 1.165) is 49.7 Å². The molecule has 3 aromatic rings. The maximum absolute atomic E-state index is 13.2. The third-order valence-corrected chi connectivity index (χ3v) is 5.21. The smallest absolute Gasteiger partial charge is 0.333 e. The lowest BCUT2D eigenvalue weighted by atomic mass is 9.99. The molecular weight excluding hydrogens is 340 g/mol. The summed E-state index contributed by atoms with van der Waals surface area (Å²) < 4.78 is 5.48. The van der Waals surface area contributed by atoms with Crippen molar-refractivity contribution in [1.29, 1.82) is 0 Å². The molecule has 0 bridgehead atoms. The summed E-state index contributed by atoms with van der Waals surface area (Å²) in [4.78, 5) is 17.5. The average Bonchev–Trinajstić information content (AvgIpc) is 3.31. The lowest BCUT2D eigenvalue weighted by Gasteiger charge is -2.22. The highest BCUT2D eigenvalue weighted by Crippen LogP contribution is 2.22. The van der Waals surface area contributed by atoms with Crippen molar-refractivity contribution in [3.8, 4) is 5.69 Å². The highest BCUT2D eigenvalue weighted by molar-refractivity contribution is 5.33. The molecule has 0 saturated carbocycles. The van der Waals surface area contributed by atoms with Crippen LogP contribution in [0.4, 0.5) is 0 Å². The summed E-state index contributed by atoms with van der Waals surface area (Å²) >= 11 is 0. The molecule has 0 aliphatic carbocycles. The highest BCUT2D eigenvalue weighted by atomic mass is 16.2. The zero-order chi connectivity index (χ0) is 18.6. The van der Waals surface area contributed by atoms with Gasteiger partial charge in [0.1, 0.15) is 11.6 Å². The van der Waals surface area contributed by atoms with Crippen LogP contribution < -0.4 is 11.0 Å². The van der Waals surface area contributed by atoms with Crippen LogP contribution in [0.3, 0.4) is 0 Å². The fraction of sp³-hybridized carbons (Fsp3) is 0.450. The first kappa shape index (κ1) is 17.7. The number of nitrogens with one attached hydrogen (secondary N) is 1. The fourth-order valence-electron chi connectivity index (χ4n) is 3.79. The van der Waals surface area contributed by atoms with Gasteiger partial charge in [0.15, 0.2) is 0 Å². The number of aromatic nitrogens is 5. The predicted molar refractivity (Wildman–Crippen MR) is 104 cm³/mol. The molecule has 1 N–H and O–H groups in total. The van der Waals surface area contributed by atoms with E-state index in [4.69, 9.17) is 5.10 Å². The van der Waals surface area contributed by atoms with E-state index in [1.807, 2.05) is 42.7 Å². The molecule has 0 unspecified atom stereocenters. The number of aryl methyl sites for hydroxylation is 3. The van der Waals surface area contributed by atoms with E-state index in [9.17, 15) is 4.79 Å². The molecule has 1 aromatic carbocycles. The molecule has 27 heavy (non-hydrogen) atoms. The van der Waals surface area contributed by atoms with Crippen LogP contribution in [-0.4, -0.2) is 37.0 Å². The third kappa shape index (κ3) is 3.60. The SMILES string of the molecule is CCc1nccn1CCn1nc([C@@H]2CCCNC2)n(-c2ccccc2)c1=O. The van der Waals surface area contributed by atoms with Crippen molar-refractivity contribution in [2.75, 3.05) is 13.1 Å². The summed E-state index contributed by atoms with van der Waals surface area (Å²) in [6, 6.07) is 9.82. The van der Waals surface area contributed by atoms with Gasteiger partial charge in [0.05, 0.1) is 12.2 Å². The molecule has 1 fully saturated rings. The average molecular weight is 366 g/mol. The monoisotopic (exact) mass is 366 g/mol. The molecule has 142 valence electrons. The molecule has 3 heterocycles. The van der Waals surface area contributed by atoms with Crippen molar-refractivity contribution in [3.63, 3.8) is 0 Å². The highest BCUT2D eigenvalue weighted by Gasteiger charge is 2.24. The zero-order valence-electron chi connectivity index (χ0n) is 15.7. The molecule has 1 aliphatic rings. The lowest BCUT2D eigenvalue weighted by molar-refractivity contribution is 0.436. The number of nitrogens with zero attached hydrogens (tertiary/aromatic N) is 5. The van der Waals surface area contributed by atoms with E-state index >= 15 is 0 Å². The van der Waals surface area contributed by atoms with Gasteiger partial charge in [0, 0.05) is 37.8 Å². The summed E-state index contributed by atoms with van der Waals surface area (Å²) in [6.07, 6.45) is 6.81. The molecule has 0 radical (unpaired) electrons. The van der Waals surface area contributed by atoms with Crippen molar-refractivity contribution in [3.05, 3.63) is 64.9 Å². The van der Waals surface area contributed by atoms with Gasteiger partial charge < -0.3 is 9.88 Å². The Balaban J connectivity index is 1.68. The number of hydrogen-bond donors (Lipinski definition) is 1. The number of rotatable bonds is 6. The Labute approximate surface area is 158 Å². The van der Waals surface area contributed by atoms with Crippen molar-refractivity contribution in [1.82, 2.24) is 29.2 Å². The van der Waals surface area contributed by atoms with Crippen molar-refractivity contribution in [2.24, 2.45) is 0 Å². The molecule has 1 aliphatic heterocycles. The van der Waals surface area contributed by atoms with Gasteiger partial charge in [-0.05, 0) is 31.5 Å². The first-order valence-electron chi connectivity index (χ1n) is 9.74. The minimum atomic E-state index is -0.0695. The van der Waals surface area contributed by atoms with Crippen molar-refractivity contribution >= 4 is 0 Å². The van der Waals surface area contributed by atoms with Gasteiger partial charge in [0.25, 0.3) is 0 Å². The van der Waals surface area contributed by atoms with Gasteiger partial charge >= 0.3 is 5.69 Å². The molecule has 0 amide bonds. The number of para-hydroxylation sites is 1. The number of benzene rings is 1. The molecule has 4 rings (SSSR count). The quantitative estimate of drug-likeness (QED) is 0.724. The van der Waals surface area contributed by atoms with Crippen LogP contribution in [0.5, 0.6) is 0 Å². The Hall–Kier alpha value is -2.67. The molecular formula is C20H26N6O. The van der Waals surface area contributed by atoms with Gasteiger partial charge in [-0.3, -0.25) is 0 Å². The van der Waals surface area contributed by atoms with Gasteiger partial charge in [0.2, 0.25) is 0 Å². The fourth-order valence-corrected chi connectivity index (χ4v) is 3.79. The Morgan fingerprint density at radius 3 is 2.81 bits per heavy atom. The van der Waals surface area contributed by atoms with Gasteiger partial charge in [-0.2, -0.15) is 5.10 Å². The third-order valence-electron chi connectivity index (χ3n) is 5.21. The first-order valence-corrected chi connectivity index (χ1v) is 9.74. The Morgan fingerprint density at radius 2 is 2.07 bits per heavy atom. The first-order chi connectivity index (χ1) is 13.3. The largest absolute Gasteiger partial charge is 0.350 e. The van der Waals surface area contributed by atoms with Crippen LogP contribution >= 0.6 is 0 Å². The lowest BCUT2D eigenvalue weighted by Crippen LogP contribution is -2.31. The maximum Gasteiger partial charge on any atom is 0.350 e. The van der Waals surface area contributed by atoms with Crippen LogP contribution in [0.1, 0.15) is 37.3 Å². The Bertz CT molecular complexity index is 933. The molecule has 7 nitrogen and oxygen atoms in total. The van der Waals surface area contributed by atoms with Crippen LogP contribution in [-0.2, 0) is 19.5 Å². The second-order valence-corrected chi connectivity index (χ2v) is 6.97. The number of imidazole rings is 1. The molecule has 2 aromatic heterocycles. The standard InChI is InChI=1S/C20H26N6O/c1-2-18-22-11-12-24(18)13-14-25-20(27)26(17-8-4-3-5-9-17)19(23-25)16-7-6-10-21-15-16/h3-5,8-9,11-12,16,21H,2,6-7,10,13-15H2,1H3/t16-/m1/s1. The molecule has 1 atom stereocenters. The molecule has 7 heteroatoms. The maximum atomic E-state index is 13.2. The minimum absolute atomic E-state index is 0.0695. The Morgan fingerprint density at radius 1 is 1.22 bits per heavy atom. The summed E-state index contributed by atoms with van der Waals surface area (Å²) in [6.45, 7) is 5.22. The van der Waals surface area contributed by atoms with E-state index in [2.05, 4.69) is 21.8 Å². The summed E-state index contributed by atoms with van der Waals surface area (Å²) in [5, 5.41) is 8.19. The molecule has 1 saturated heterocycles. The second-order valence-electron chi connectivity index (χ2n) is 6.97. The summed E-state index contributed by atoms with van der Waals surface area (Å²) in [7, 11) is 0. The van der Waals surface area contributed by atoms with Crippen LogP contribution in [0.2, 0.25) is 0 Å². The van der Waals surface area contributed by atoms with Gasteiger partial charge in [-0.15, -0.1) is 0 Å². The predicted octanol–water partition coefficient (Wildman–Crippen LogP) is 1.96. The Kier molecular flexibility index (Phi) is 5.20. The number of piperidine rings is 1. The van der Waals surface area contributed by atoms with E-state index in [-0.39, 0.29) is 11.6 Å². The topological polar surface area (TPSA) is 69.7 Å². The van der Waals surface area contributed by atoms with Gasteiger partial charge in [-0.1, -0.05) is 25.1 Å². The summed E-state index contributed by atoms with van der Waals surface area (Å²) in [5.41, 5.74) is 0.811. The van der Waals surface area contributed by atoms with E-state index in [0.29, 0.717) is 13.1 Å².